The van der Waals surface area contributed by atoms with E-state index >= 15 is 0 Å². The molecule has 3 N–H and O–H groups in total. The predicted molar refractivity (Wildman–Crippen MR) is 79.6 cm³/mol. The fourth-order valence-corrected chi connectivity index (χ4v) is 1.68. The Bertz CT molecular complexity index is 573. The number of amides is 2. The first kappa shape index (κ1) is 18.1. The summed E-state index contributed by atoms with van der Waals surface area (Å²) in [4.78, 5) is 45.8. The third kappa shape index (κ3) is 6.60. The number of carbonyl (C=O) groups excluding carboxylic acids is 3. The molecule has 0 heterocycles. The van der Waals surface area contributed by atoms with E-state index in [4.69, 9.17) is 5.11 Å². The number of nitrogens with one attached hydrogen (secondary N) is 2. The van der Waals surface area contributed by atoms with Crippen molar-refractivity contribution >= 4 is 23.8 Å². The number of hydrogen-bond donors (Lipinski definition) is 3. The lowest BCUT2D eigenvalue weighted by atomic mass is 10.2. The summed E-state index contributed by atoms with van der Waals surface area (Å²) in [5.41, 5.74) is 0.376. The summed E-state index contributed by atoms with van der Waals surface area (Å²) in [6.45, 7) is 1.30. The number of hydrogen-bond acceptors (Lipinski definition) is 5. The van der Waals surface area contributed by atoms with E-state index in [9.17, 15) is 19.2 Å². The average molecular weight is 322 g/mol. The first-order valence-corrected chi connectivity index (χ1v) is 6.95. The molecule has 0 unspecified atom stereocenters. The van der Waals surface area contributed by atoms with Crippen LogP contribution in [0.5, 0.6) is 0 Å². The van der Waals surface area contributed by atoms with E-state index in [1.54, 1.807) is 37.3 Å². The Morgan fingerprint density at radius 2 is 1.83 bits per heavy atom. The van der Waals surface area contributed by atoms with Crippen molar-refractivity contribution in [1.82, 2.24) is 10.6 Å². The number of carboxylic acids is 1. The van der Waals surface area contributed by atoms with Crippen LogP contribution < -0.4 is 10.6 Å². The van der Waals surface area contributed by atoms with Crippen molar-refractivity contribution in [3.8, 4) is 0 Å². The largest absolute Gasteiger partial charge is 0.480 e. The SMILES string of the molecule is CCOC(=O)C[C@@H](NC(=O)CNC(=O)c1ccccc1)C(=O)O. The van der Waals surface area contributed by atoms with Gasteiger partial charge in [0, 0.05) is 5.56 Å². The van der Waals surface area contributed by atoms with Crippen LogP contribution in [0.25, 0.3) is 0 Å². The highest BCUT2D eigenvalue weighted by Crippen LogP contribution is 1.98. The summed E-state index contributed by atoms with van der Waals surface area (Å²) < 4.78 is 4.64. The maximum Gasteiger partial charge on any atom is 0.326 e. The zero-order chi connectivity index (χ0) is 17.2. The second-order valence-corrected chi connectivity index (χ2v) is 4.52. The molecular formula is C15H18N2O6. The summed E-state index contributed by atoms with van der Waals surface area (Å²) in [6.07, 6.45) is -0.485. The van der Waals surface area contributed by atoms with Crippen LogP contribution in [0.1, 0.15) is 23.7 Å². The molecular weight excluding hydrogens is 304 g/mol. The van der Waals surface area contributed by atoms with Gasteiger partial charge in [0.1, 0.15) is 6.04 Å². The zero-order valence-corrected chi connectivity index (χ0v) is 12.6. The highest BCUT2D eigenvalue weighted by molar-refractivity contribution is 5.97. The third-order valence-electron chi connectivity index (χ3n) is 2.75. The quantitative estimate of drug-likeness (QED) is 0.576. The summed E-state index contributed by atoms with van der Waals surface area (Å²) >= 11 is 0. The molecule has 0 aliphatic rings. The van der Waals surface area contributed by atoms with Gasteiger partial charge in [0.15, 0.2) is 0 Å². The van der Waals surface area contributed by atoms with Gasteiger partial charge >= 0.3 is 11.9 Å². The van der Waals surface area contributed by atoms with Crippen molar-refractivity contribution in [2.45, 2.75) is 19.4 Å². The molecule has 0 saturated carbocycles. The molecule has 1 aromatic carbocycles. The maximum atomic E-state index is 11.8. The van der Waals surface area contributed by atoms with Gasteiger partial charge in [-0.25, -0.2) is 4.79 Å². The summed E-state index contributed by atoms with van der Waals surface area (Å²) in [7, 11) is 0. The molecule has 2 amide bonds. The highest BCUT2D eigenvalue weighted by Gasteiger charge is 2.24. The number of carbonyl (C=O) groups is 4. The van der Waals surface area contributed by atoms with Crippen molar-refractivity contribution in [2.75, 3.05) is 13.2 Å². The minimum atomic E-state index is -1.41. The number of ether oxygens (including phenoxy) is 1. The Morgan fingerprint density at radius 1 is 1.17 bits per heavy atom. The Balaban J connectivity index is 2.48. The predicted octanol–water partition coefficient (Wildman–Crippen LogP) is -0.0610. The monoisotopic (exact) mass is 322 g/mol. The molecule has 1 atom stereocenters. The lowest BCUT2D eigenvalue weighted by Crippen LogP contribution is -2.46. The topological polar surface area (TPSA) is 122 Å². The molecule has 1 aromatic rings. The molecule has 124 valence electrons. The van der Waals surface area contributed by atoms with Gasteiger partial charge in [-0.2, -0.15) is 0 Å². The minimum absolute atomic E-state index is 0.117. The molecule has 0 aliphatic carbocycles. The van der Waals surface area contributed by atoms with Gasteiger partial charge in [0.25, 0.3) is 5.91 Å². The molecule has 0 aliphatic heterocycles. The summed E-state index contributed by atoms with van der Waals surface area (Å²) in [5, 5.41) is 13.5. The Morgan fingerprint density at radius 3 is 2.39 bits per heavy atom. The van der Waals surface area contributed by atoms with E-state index in [-0.39, 0.29) is 6.61 Å². The van der Waals surface area contributed by atoms with Crippen LogP contribution >= 0.6 is 0 Å². The van der Waals surface area contributed by atoms with Gasteiger partial charge in [0.05, 0.1) is 19.6 Å². The second-order valence-electron chi connectivity index (χ2n) is 4.52. The normalized spacial score (nSPS) is 11.2. The molecule has 0 bridgehead atoms. The first-order chi connectivity index (χ1) is 10.9. The van der Waals surface area contributed by atoms with Crippen LogP contribution in [0.2, 0.25) is 0 Å². The van der Waals surface area contributed by atoms with E-state index in [0.717, 1.165) is 0 Å². The van der Waals surface area contributed by atoms with Crippen molar-refractivity contribution in [2.24, 2.45) is 0 Å². The van der Waals surface area contributed by atoms with Gasteiger partial charge in [-0.15, -0.1) is 0 Å². The average Bonchev–Trinajstić information content (AvgIpc) is 2.53. The number of rotatable bonds is 8. The lowest BCUT2D eigenvalue weighted by Gasteiger charge is -2.14. The molecule has 1 rings (SSSR count). The highest BCUT2D eigenvalue weighted by atomic mass is 16.5. The standard InChI is InChI=1S/C15H18N2O6/c1-2-23-13(19)8-11(15(21)22)17-12(18)9-16-14(20)10-6-4-3-5-7-10/h3-7,11H,2,8-9H2,1H3,(H,16,20)(H,17,18)(H,21,22)/t11-/m1/s1. The number of esters is 1. The van der Waals surface area contributed by atoms with Gasteiger partial charge in [-0.05, 0) is 19.1 Å². The van der Waals surface area contributed by atoms with E-state index in [1.807, 2.05) is 0 Å². The molecule has 23 heavy (non-hydrogen) atoms. The fourth-order valence-electron chi connectivity index (χ4n) is 1.68. The maximum absolute atomic E-state index is 11.8. The van der Waals surface area contributed by atoms with E-state index in [0.29, 0.717) is 5.56 Å². The van der Waals surface area contributed by atoms with Crippen LogP contribution in [0, 0.1) is 0 Å². The molecule has 8 heteroatoms. The van der Waals surface area contributed by atoms with Crippen molar-refractivity contribution < 1.29 is 29.0 Å². The van der Waals surface area contributed by atoms with Crippen molar-refractivity contribution in [3.05, 3.63) is 35.9 Å². The van der Waals surface area contributed by atoms with Crippen molar-refractivity contribution in [1.29, 1.82) is 0 Å². The van der Waals surface area contributed by atoms with Crippen LogP contribution in [0.15, 0.2) is 30.3 Å². The number of carboxylic acid groups (broad SMARTS) is 1. The van der Waals surface area contributed by atoms with E-state index < -0.39 is 42.8 Å². The molecule has 0 saturated heterocycles. The molecule has 0 fully saturated rings. The van der Waals surface area contributed by atoms with Crippen molar-refractivity contribution in [3.63, 3.8) is 0 Å². The smallest absolute Gasteiger partial charge is 0.326 e. The summed E-state index contributed by atoms with van der Waals surface area (Å²) in [6, 6.07) is 6.84. The number of benzene rings is 1. The molecule has 0 spiro atoms. The first-order valence-electron chi connectivity index (χ1n) is 6.95. The molecule has 8 nitrogen and oxygen atoms in total. The molecule has 0 radical (unpaired) electrons. The Hall–Kier alpha value is -2.90. The van der Waals surface area contributed by atoms with Gasteiger partial charge in [-0.1, -0.05) is 18.2 Å². The van der Waals surface area contributed by atoms with Crippen LogP contribution in [0.3, 0.4) is 0 Å². The number of aliphatic carboxylic acids is 1. The van der Waals surface area contributed by atoms with Crippen LogP contribution in [-0.2, 0) is 19.1 Å². The Labute approximate surface area is 132 Å². The third-order valence-corrected chi connectivity index (χ3v) is 2.75. The summed E-state index contributed by atoms with van der Waals surface area (Å²) in [5.74, 6) is -3.27. The van der Waals surface area contributed by atoms with E-state index in [2.05, 4.69) is 15.4 Å². The van der Waals surface area contributed by atoms with Crippen LogP contribution in [0.4, 0.5) is 0 Å². The molecule has 0 aromatic heterocycles. The van der Waals surface area contributed by atoms with E-state index in [1.165, 1.54) is 0 Å². The van der Waals surface area contributed by atoms with Crippen LogP contribution in [-0.4, -0.2) is 48.1 Å². The Kier molecular flexibility index (Phi) is 7.25. The zero-order valence-electron chi connectivity index (χ0n) is 12.6. The lowest BCUT2D eigenvalue weighted by molar-refractivity contribution is -0.150. The second kappa shape index (κ2) is 9.19. The fraction of sp³-hybridized carbons (Fsp3) is 0.333. The van der Waals surface area contributed by atoms with Gasteiger partial charge < -0.3 is 20.5 Å². The minimum Gasteiger partial charge on any atom is -0.480 e. The van der Waals surface area contributed by atoms with Gasteiger partial charge in [-0.3, -0.25) is 14.4 Å². The van der Waals surface area contributed by atoms with Gasteiger partial charge in [0.2, 0.25) is 5.91 Å².